The highest BCUT2D eigenvalue weighted by molar-refractivity contribution is 4.74. The van der Waals surface area contributed by atoms with E-state index in [4.69, 9.17) is 5.26 Å². The first-order valence-electron chi connectivity index (χ1n) is 8.51. The molecule has 0 aliphatic carbocycles. The monoisotopic (exact) mass is 272 g/mol. The molecule has 0 fully saturated rings. The molecule has 2 nitrogen and oxygen atoms in total. The minimum absolute atomic E-state index is 0.493. The van der Waals surface area contributed by atoms with Crippen molar-refractivity contribution in [2.75, 3.05) is 6.61 Å². The van der Waals surface area contributed by atoms with Gasteiger partial charge in [0, 0.05) is 0 Å². The van der Waals surface area contributed by atoms with Gasteiger partial charge in [0.15, 0.2) is 0 Å². The van der Waals surface area contributed by atoms with E-state index in [-0.39, 0.29) is 0 Å². The summed E-state index contributed by atoms with van der Waals surface area (Å²) in [6, 6.07) is 0. The van der Waals surface area contributed by atoms with Crippen LogP contribution < -0.4 is 0 Å². The van der Waals surface area contributed by atoms with Crippen LogP contribution >= 0.6 is 0 Å². The summed E-state index contributed by atoms with van der Waals surface area (Å²) >= 11 is 0. The van der Waals surface area contributed by atoms with Crippen LogP contribution in [0.3, 0.4) is 0 Å². The number of hydrogen-bond donors (Lipinski definition) is 1. The van der Waals surface area contributed by atoms with Gasteiger partial charge in [-0.2, -0.15) is 0 Å². The van der Waals surface area contributed by atoms with Crippen LogP contribution in [-0.2, 0) is 4.89 Å². The van der Waals surface area contributed by atoms with E-state index >= 15 is 0 Å². The lowest BCUT2D eigenvalue weighted by Crippen LogP contribution is -2.17. The minimum atomic E-state index is 0.493. The van der Waals surface area contributed by atoms with Gasteiger partial charge in [0.2, 0.25) is 0 Å². The van der Waals surface area contributed by atoms with Crippen LogP contribution in [0.5, 0.6) is 0 Å². The van der Waals surface area contributed by atoms with E-state index in [1.165, 1.54) is 70.6 Å². The Balaban J connectivity index is 3.35. The summed E-state index contributed by atoms with van der Waals surface area (Å²) < 4.78 is 0. The van der Waals surface area contributed by atoms with Crippen molar-refractivity contribution in [2.24, 2.45) is 5.41 Å². The molecule has 0 heterocycles. The zero-order valence-corrected chi connectivity index (χ0v) is 13.5. The average Bonchev–Trinajstić information content (AvgIpc) is 2.46. The van der Waals surface area contributed by atoms with E-state index in [1.54, 1.807) is 0 Å². The largest absolute Gasteiger partial charge is 0.252 e. The topological polar surface area (TPSA) is 29.5 Å². The molecule has 0 aromatic heterocycles. The van der Waals surface area contributed by atoms with Crippen molar-refractivity contribution < 1.29 is 10.1 Å². The molecule has 0 radical (unpaired) electrons. The normalized spacial score (nSPS) is 12.0. The second-order valence-electron chi connectivity index (χ2n) is 5.97. The molecule has 0 saturated heterocycles. The van der Waals surface area contributed by atoms with E-state index in [0.717, 1.165) is 6.42 Å². The lowest BCUT2D eigenvalue weighted by molar-refractivity contribution is -0.242. The molecular weight excluding hydrogens is 236 g/mol. The Morgan fingerprint density at radius 3 is 1.53 bits per heavy atom. The fourth-order valence-corrected chi connectivity index (χ4v) is 3.01. The van der Waals surface area contributed by atoms with Gasteiger partial charge in [0.05, 0.1) is 6.61 Å². The van der Waals surface area contributed by atoms with Gasteiger partial charge >= 0.3 is 0 Å². The van der Waals surface area contributed by atoms with Crippen LogP contribution in [0.2, 0.25) is 0 Å². The predicted octanol–water partition coefficient (Wildman–Crippen LogP) is 6.20. The Bertz CT molecular complexity index is 168. The first kappa shape index (κ1) is 18.9. The maximum atomic E-state index is 8.19. The van der Waals surface area contributed by atoms with Crippen LogP contribution in [0.25, 0.3) is 0 Å². The van der Waals surface area contributed by atoms with Gasteiger partial charge in [-0.15, -0.1) is 0 Å². The van der Waals surface area contributed by atoms with Gasteiger partial charge in [-0.05, 0) is 18.3 Å². The molecule has 0 amide bonds. The van der Waals surface area contributed by atoms with Crippen molar-refractivity contribution in [3.63, 3.8) is 0 Å². The van der Waals surface area contributed by atoms with Gasteiger partial charge in [-0.25, -0.2) is 4.89 Å². The third kappa shape index (κ3) is 9.45. The van der Waals surface area contributed by atoms with Crippen LogP contribution in [0.15, 0.2) is 0 Å². The van der Waals surface area contributed by atoms with Crippen molar-refractivity contribution in [1.82, 2.24) is 0 Å². The third-order valence-corrected chi connectivity index (χ3v) is 4.94. The van der Waals surface area contributed by atoms with Crippen LogP contribution in [0.1, 0.15) is 97.8 Å². The Hall–Kier alpha value is -0.0800. The first-order valence-corrected chi connectivity index (χ1v) is 8.51. The molecule has 0 aliphatic heterocycles. The lowest BCUT2D eigenvalue weighted by atomic mass is 9.75. The fourth-order valence-electron chi connectivity index (χ4n) is 3.01. The van der Waals surface area contributed by atoms with Crippen molar-refractivity contribution in [1.29, 1.82) is 0 Å². The molecule has 0 atom stereocenters. The fraction of sp³-hybridized carbons (Fsp3) is 1.00. The molecule has 19 heavy (non-hydrogen) atoms. The molecule has 0 aromatic carbocycles. The highest BCUT2D eigenvalue weighted by Gasteiger charge is 2.22. The SMILES string of the molecule is CCC(CC)(CC)CCCCCCCCCCOO. The standard InChI is InChI=1S/C17H36O2/c1-4-17(5-2,6-3)15-13-11-9-7-8-10-12-14-16-19-18/h18H,4-16H2,1-3H3. The maximum Gasteiger partial charge on any atom is 0.0819 e. The van der Waals surface area contributed by atoms with Crippen molar-refractivity contribution in [3.05, 3.63) is 0 Å². The molecule has 0 aliphatic rings. The second-order valence-corrected chi connectivity index (χ2v) is 5.97. The molecule has 0 spiro atoms. The zero-order chi connectivity index (χ0) is 14.4. The van der Waals surface area contributed by atoms with Gasteiger partial charge in [0.1, 0.15) is 0 Å². The Morgan fingerprint density at radius 1 is 0.684 bits per heavy atom. The molecular formula is C17H36O2. The van der Waals surface area contributed by atoms with Crippen molar-refractivity contribution in [3.8, 4) is 0 Å². The van der Waals surface area contributed by atoms with E-state index < -0.39 is 0 Å². The number of unbranched alkanes of at least 4 members (excludes halogenated alkanes) is 7. The van der Waals surface area contributed by atoms with Gasteiger partial charge in [0.25, 0.3) is 0 Å². The highest BCUT2D eigenvalue weighted by atomic mass is 17.1. The maximum absolute atomic E-state index is 8.19. The summed E-state index contributed by atoms with van der Waals surface area (Å²) in [5, 5.41) is 8.19. The molecule has 116 valence electrons. The molecule has 0 saturated carbocycles. The van der Waals surface area contributed by atoms with E-state index in [1.807, 2.05) is 0 Å². The Labute approximate surface area is 120 Å². The summed E-state index contributed by atoms with van der Waals surface area (Å²) in [7, 11) is 0. The van der Waals surface area contributed by atoms with Gasteiger partial charge < -0.3 is 0 Å². The van der Waals surface area contributed by atoms with Gasteiger partial charge in [-0.3, -0.25) is 5.26 Å². The summed E-state index contributed by atoms with van der Waals surface area (Å²) in [6.45, 7) is 7.54. The first-order chi connectivity index (χ1) is 9.24. The quantitative estimate of drug-likeness (QED) is 0.231. The molecule has 0 aromatic rings. The smallest absolute Gasteiger partial charge is 0.0819 e. The summed E-state index contributed by atoms with van der Waals surface area (Å²) in [4.78, 5) is 4.07. The molecule has 0 unspecified atom stereocenters. The average molecular weight is 272 g/mol. The van der Waals surface area contributed by atoms with Crippen molar-refractivity contribution >= 4 is 0 Å². The van der Waals surface area contributed by atoms with Crippen LogP contribution in [0, 0.1) is 5.41 Å². The molecule has 0 rings (SSSR count). The molecule has 1 N–H and O–H groups in total. The number of hydrogen-bond acceptors (Lipinski definition) is 2. The third-order valence-electron chi connectivity index (χ3n) is 4.94. The van der Waals surface area contributed by atoms with E-state index in [0.29, 0.717) is 12.0 Å². The van der Waals surface area contributed by atoms with Crippen LogP contribution in [0.4, 0.5) is 0 Å². The number of rotatable bonds is 14. The zero-order valence-electron chi connectivity index (χ0n) is 13.5. The van der Waals surface area contributed by atoms with Crippen LogP contribution in [-0.4, -0.2) is 11.9 Å². The van der Waals surface area contributed by atoms with E-state index in [2.05, 4.69) is 25.7 Å². The summed E-state index contributed by atoms with van der Waals surface area (Å²) in [6.07, 6.45) is 15.8. The minimum Gasteiger partial charge on any atom is -0.252 e. The van der Waals surface area contributed by atoms with E-state index in [9.17, 15) is 0 Å². The highest BCUT2D eigenvalue weighted by Crippen LogP contribution is 2.36. The lowest BCUT2D eigenvalue weighted by Gasteiger charge is -2.30. The molecule has 0 bridgehead atoms. The molecule has 2 heteroatoms. The Kier molecular flexibility index (Phi) is 12.9. The Morgan fingerprint density at radius 2 is 1.11 bits per heavy atom. The summed E-state index contributed by atoms with van der Waals surface area (Å²) in [5.41, 5.74) is 0.629. The predicted molar refractivity (Wildman–Crippen MR) is 83.4 cm³/mol. The van der Waals surface area contributed by atoms with Gasteiger partial charge in [-0.1, -0.05) is 85.0 Å². The second kappa shape index (κ2) is 12.9. The van der Waals surface area contributed by atoms with Crippen molar-refractivity contribution in [2.45, 2.75) is 97.8 Å². The summed E-state index contributed by atoms with van der Waals surface area (Å²) in [5.74, 6) is 0.